The zero-order chi connectivity index (χ0) is 15.6. The second kappa shape index (κ2) is 9.17. The van der Waals surface area contributed by atoms with Crippen molar-refractivity contribution in [2.24, 2.45) is 0 Å². The van der Waals surface area contributed by atoms with Gasteiger partial charge in [-0.05, 0) is 27.7 Å². The number of rotatable bonds is 10. The predicted octanol–water partition coefficient (Wildman–Crippen LogP) is 1.18. The molecule has 0 saturated heterocycles. The molecule has 7 nitrogen and oxygen atoms in total. The van der Waals surface area contributed by atoms with Crippen molar-refractivity contribution in [3.8, 4) is 0 Å². The third-order valence-corrected chi connectivity index (χ3v) is 2.24. The van der Waals surface area contributed by atoms with Crippen LogP contribution in [0.4, 0.5) is 0 Å². The molecule has 0 aliphatic heterocycles. The summed E-state index contributed by atoms with van der Waals surface area (Å²) in [5.41, 5.74) is 3.22. The summed E-state index contributed by atoms with van der Waals surface area (Å²) in [6, 6.07) is 0. The Balaban J connectivity index is 3.51. The van der Waals surface area contributed by atoms with Crippen LogP contribution in [-0.4, -0.2) is 46.7 Å². The van der Waals surface area contributed by atoms with Crippen molar-refractivity contribution in [2.75, 3.05) is 32.7 Å². The fourth-order valence-electron chi connectivity index (χ4n) is 0.895. The lowest BCUT2D eigenvalue weighted by Crippen LogP contribution is -2.28. The van der Waals surface area contributed by atoms with Gasteiger partial charge in [-0.2, -0.15) is 8.42 Å². The SMILES string of the molecule is CC(=COCCOCCOS(C)(=O)=O)NOC(C)(C)C. The van der Waals surface area contributed by atoms with Crippen LogP contribution < -0.4 is 5.48 Å². The van der Waals surface area contributed by atoms with E-state index in [0.717, 1.165) is 12.0 Å². The molecule has 0 rings (SSSR count). The molecule has 0 atom stereocenters. The molecule has 0 aromatic carbocycles. The minimum atomic E-state index is -3.39. The molecule has 20 heavy (non-hydrogen) atoms. The zero-order valence-electron chi connectivity index (χ0n) is 12.8. The van der Waals surface area contributed by atoms with Crippen molar-refractivity contribution >= 4 is 10.1 Å². The number of hydroxylamine groups is 1. The second-order valence-electron chi connectivity index (χ2n) is 5.13. The summed E-state index contributed by atoms with van der Waals surface area (Å²) in [6.45, 7) is 8.51. The summed E-state index contributed by atoms with van der Waals surface area (Å²) >= 11 is 0. The first-order chi connectivity index (χ1) is 9.10. The normalized spacial score (nSPS) is 13.3. The summed E-state index contributed by atoms with van der Waals surface area (Å²) in [6.07, 6.45) is 2.53. The number of hydrogen-bond acceptors (Lipinski definition) is 7. The van der Waals surface area contributed by atoms with Crippen molar-refractivity contribution < 1.29 is 26.9 Å². The Labute approximate surface area is 121 Å². The average molecular weight is 311 g/mol. The van der Waals surface area contributed by atoms with Crippen LogP contribution in [0.2, 0.25) is 0 Å². The van der Waals surface area contributed by atoms with Crippen LogP contribution in [0.3, 0.4) is 0 Å². The van der Waals surface area contributed by atoms with E-state index in [0.29, 0.717) is 13.2 Å². The van der Waals surface area contributed by atoms with Gasteiger partial charge in [-0.3, -0.25) is 14.5 Å². The van der Waals surface area contributed by atoms with Crippen LogP contribution in [0, 0.1) is 0 Å². The molecule has 0 aromatic heterocycles. The van der Waals surface area contributed by atoms with Crippen LogP contribution in [-0.2, 0) is 28.6 Å². The van der Waals surface area contributed by atoms with Gasteiger partial charge in [0.1, 0.15) is 12.9 Å². The topological polar surface area (TPSA) is 83.1 Å². The van der Waals surface area contributed by atoms with Gasteiger partial charge in [0, 0.05) is 0 Å². The van der Waals surface area contributed by atoms with Gasteiger partial charge in [-0.15, -0.1) is 0 Å². The zero-order valence-corrected chi connectivity index (χ0v) is 13.6. The molecule has 0 aromatic rings. The highest BCUT2D eigenvalue weighted by Gasteiger charge is 2.09. The molecule has 0 fully saturated rings. The third-order valence-electron chi connectivity index (χ3n) is 1.65. The van der Waals surface area contributed by atoms with Gasteiger partial charge in [0.25, 0.3) is 10.1 Å². The molecule has 120 valence electrons. The molecule has 0 aliphatic carbocycles. The van der Waals surface area contributed by atoms with Crippen LogP contribution in [0.25, 0.3) is 0 Å². The highest BCUT2D eigenvalue weighted by molar-refractivity contribution is 7.85. The Bertz CT molecular complexity index is 385. The van der Waals surface area contributed by atoms with Gasteiger partial charge in [-0.25, -0.2) is 0 Å². The van der Waals surface area contributed by atoms with Gasteiger partial charge in [0.2, 0.25) is 0 Å². The van der Waals surface area contributed by atoms with E-state index in [2.05, 4.69) is 9.66 Å². The average Bonchev–Trinajstić information content (AvgIpc) is 2.27. The Hall–Kier alpha value is -0.830. The lowest BCUT2D eigenvalue weighted by Gasteiger charge is -2.19. The largest absolute Gasteiger partial charge is 0.497 e. The van der Waals surface area contributed by atoms with E-state index < -0.39 is 10.1 Å². The molecule has 0 heterocycles. The molecule has 0 saturated carbocycles. The van der Waals surface area contributed by atoms with Gasteiger partial charge in [0.15, 0.2) is 0 Å². The molecule has 0 unspecified atom stereocenters. The lowest BCUT2D eigenvalue weighted by molar-refractivity contribution is -0.0591. The van der Waals surface area contributed by atoms with Crippen LogP contribution in [0.1, 0.15) is 27.7 Å². The summed E-state index contributed by atoms with van der Waals surface area (Å²) in [5.74, 6) is 0. The first-order valence-electron chi connectivity index (χ1n) is 6.25. The fourth-order valence-corrected chi connectivity index (χ4v) is 1.27. The molecule has 0 bridgehead atoms. The van der Waals surface area contributed by atoms with Gasteiger partial charge < -0.3 is 9.47 Å². The smallest absolute Gasteiger partial charge is 0.264 e. The van der Waals surface area contributed by atoms with E-state index in [1.54, 1.807) is 0 Å². The van der Waals surface area contributed by atoms with E-state index in [1.165, 1.54) is 6.26 Å². The Kier molecular flexibility index (Phi) is 8.79. The number of allylic oxidation sites excluding steroid dienone is 1. The maximum Gasteiger partial charge on any atom is 0.264 e. The second-order valence-corrected chi connectivity index (χ2v) is 6.77. The molecule has 0 spiro atoms. The predicted molar refractivity (Wildman–Crippen MR) is 75.3 cm³/mol. The number of nitrogens with one attached hydrogen (secondary N) is 1. The summed E-state index contributed by atoms with van der Waals surface area (Å²) in [7, 11) is -3.39. The fraction of sp³-hybridized carbons (Fsp3) is 0.833. The lowest BCUT2D eigenvalue weighted by atomic mass is 10.2. The summed E-state index contributed by atoms with van der Waals surface area (Å²) in [5, 5.41) is 0. The van der Waals surface area contributed by atoms with Gasteiger partial charge >= 0.3 is 0 Å². The first kappa shape index (κ1) is 19.2. The van der Waals surface area contributed by atoms with E-state index in [1.807, 2.05) is 27.7 Å². The molecule has 1 N–H and O–H groups in total. The van der Waals surface area contributed by atoms with Gasteiger partial charge in [0.05, 0.1) is 37.4 Å². The minimum Gasteiger partial charge on any atom is -0.497 e. The van der Waals surface area contributed by atoms with Crippen molar-refractivity contribution in [3.05, 3.63) is 12.0 Å². The Morgan fingerprint density at radius 3 is 2.30 bits per heavy atom. The number of hydrogen-bond donors (Lipinski definition) is 1. The molecule has 0 radical (unpaired) electrons. The van der Waals surface area contributed by atoms with Crippen molar-refractivity contribution in [2.45, 2.75) is 33.3 Å². The summed E-state index contributed by atoms with van der Waals surface area (Å²) in [4.78, 5) is 5.33. The molecule has 8 heteroatoms. The standard InChI is InChI=1S/C12H25NO6S/c1-11(13-19-12(2,3)4)10-17-7-6-16-8-9-18-20(5,14)15/h10,13H,6-9H2,1-5H3. The maximum atomic E-state index is 10.6. The molecule has 0 aliphatic rings. The van der Waals surface area contributed by atoms with E-state index in [9.17, 15) is 8.42 Å². The first-order valence-corrected chi connectivity index (χ1v) is 8.06. The molecular weight excluding hydrogens is 286 g/mol. The summed E-state index contributed by atoms with van der Waals surface area (Å²) < 4.78 is 36.1. The third kappa shape index (κ3) is 15.2. The maximum absolute atomic E-state index is 10.6. The highest BCUT2D eigenvalue weighted by Crippen LogP contribution is 2.05. The van der Waals surface area contributed by atoms with Crippen molar-refractivity contribution in [3.63, 3.8) is 0 Å². The molecule has 0 amide bonds. The Morgan fingerprint density at radius 1 is 1.15 bits per heavy atom. The van der Waals surface area contributed by atoms with Crippen LogP contribution in [0.5, 0.6) is 0 Å². The minimum absolute atomic E-state index is 0.00861. The molecular formula is C12H25NO6S. The monoisotopic (exact) mass is 311 g/mol. The van der Waals surface area contributed by atoms with Crippen LogP contribution >= 0.6 is 0 Å². The van der Waals surface area contributed by atoms with Crippen LogP contribution in [0.15, 0.2) is 12.0 Å². The highest BCUT2D eigenvalue weighted by atomic mass is 32.2. The van der Waals surface area contributed by atoms with Crippen molar-refractivity contribution in [1.29, 1.82) is 0 Å². The number of ether oxygens (including phenoxy) is 2. The van der Waals surface area contributed by atoms with E-state index >= 15 is 0 Å². The van der Waals surface area contributed by atoms with E-state index in [-0.39, 0.29) is 18.8 Å². The van der Waals surface area contributed by atoms with Crippen molar-refractivity contribution in [1.82, 2.24) is 5.48 Å². The van der Waals surface area contributed by atoms with E-state index in [4.69, 9.17) is 14.3 Å². The Morgan fingerprint density at radius 2 is 1.75 bits per heavy atom. The quantitative estimate of drug-likeness (QED) is 0.281. The van der Waals surface area contributed by atoms with Gasteiger partial charge in [-0.1, -0.05) is 0 Å².